The van der Waals surface area contributed by atoms with Gasteiger partial charge >= 0.3 is 0 Å². The van der Waals surface area contributed by atoms with Crippen LogP contribution in [-0.4, -0.2) is 23.6 Å². The van der Waals surface area contributed by atoms with Crippen LogP contribution in [-0.2, 0) is 4.74 Å². The van der Waals surface area contributed by atoms with Gasteiger partial charge in [-0.2, -0.15) is 5.26 Å². The van der Waals surface area contributed by atoms with Gasteiger partial charge in [-0.15, -0.1) is 11.8 Å². The van der Waals surface area contributed by atoms with Crippen LogP contribution in [0.25, 0.3) is 0 Å². The highest BCUT2D eigenvalue weighted by Crippen LogP contribution is 2.22. The fraction of sp³-hybridized carbons (Fsp3) is 0.462. The van der Waals surface area contributed by atoms with Gasteiger partial charge < -0.3 is 9.84 Å². The fourth-order valence-electron chi connectivity index (χ4n) is 1.29. The Morgan fingerprint density at radius 3 is 2.29 bits per heavy atom. The van der Waals surface area contributed by atoms with Gasteiger partial charge in [-0.3, -0.25) is 0 Å². The number of benzene rings is 1. The van der Waals surface area contributed by atoms with Crippen molar-refractivity contribution in [1.82, 2.24) is 0 Å². The van der Waals surface area contributed by atoms with Gasteiger partial charge in [-0.1, -0.05) is 12.1 Å². The molecule has 0 saturated carbocycles. The predicted molar refractivity (Wildman–Crippen MR) is 68.8 cm³/mol. The van der Waals surface area contributed by atoms with Crippen LogP contribution in [0, 0.1) is 11.3 Å². The van der Waals surface area contributed by atoms with Gasteiger partial charge in [0.1, 0.15) is 0 Å². The van der Waals surface area contributed by atoms with Gasteiger partial charge in [-0.05, 0) is 37.8 Å². The normalized spacial score (nSPS) is 15.9. The molecule has 1 aromatic rings. The molecule has 1 rings (SSSR count). The summed E-state index contributed by atoms with van der Waals surface area (Å²) in [6.45, 7) is 3.40. The van der Waals surface area contributed by atoms with Gasteiger partial charge in [0, 0.05) is 4.90 Å². The highest BCUT2D eigenvalue weighted by molar-refractivity contribution is 7.98. The summed E-state index contributed by atoms with van der Waals surface area (Å²) in [6, 6.07) is 9.79. The van der Waals surface area contributed by atoms with E-state index in [1.54, 1.807) is 25.6 Å². The third-order valence-corrected chi connectivity index (χ3v) is 3.31. The van der Waals surface area contributed by atoms with Crippen LogP contribution in [0.3, 0.4) is 0 Å². The van der Waals surface area contributed by atoms with Crippen molar-refractivity contribution in [2.75, 3.05) is 6.26 Å². The molecule has 92 valence electrons. The Balaban J connectivity index is 2.76. The molecule has 0 fully saturated rings. The molecule has 3 nitrogen and oxygen atoms in total. The van der Waals surface area contributed by atoms with Crippen LogP contribution in [0.4, 0.5) is 0 Å². The molecule has 1 aromatic carbocycles. The summed E-state index contributed by atoms with van der Waals surface area (Å²) in [6.07, 6.45) is 0.426. The minimum absolute atomic E-state index is 0.361. The third kappa shape index (κ3) is 4.04. The highest BCUT2D eigenvalue weighted by atomic mass is 32.2. The van der Waals surface area contributed by atoms with Crippen molar-refractivity contribution in [1.29, 1.82) is 5.26 Å². The van der Waals surface area contributed by atoms with Gasteiger partial charge in [0.25, 0.3) is 0 Å². The van der Waals surface area contributed by atoms with E-state index in [0.29, 0.717) is 0 Å². The summed E-state index contributed by atoms with van der Waals surface area (Å²) in [5.74, 6) is 0. The first-order valence-electron chi connectivity index (χ1n) is 5.45. The molecular weight excluding hydrogens is 234 g/mol. The average Bonchev–Trinajstić information content (AvgIpc) is 2.35. The highest BCUT2D eigenvalue weighted by Gasteiger charge is 2.17. The molecule has 4 heteroatoms. The molecule has 1 N–H and O–H groups in total. The molecule has 0 aliphatic heterocycles. The van der Waals surface area contributed by atoms with E-state index in [1.165, 1.54) is 0 Å². The molecule has 17 heavy (non-hydrogen) atoms. The van der Waals surface area contributed by atoms with E-state index in [4.69, 9.17) is 10.00 Å². The van der Waals surface area contributed by atoms with Crippen molar-refractivity contribution in [3.8, 4) is 6.07 Å². The van der Waals surface area contributed by atoms with E-state index >= 15 is 0 Å². The van der Waals surface area contributed by atoms with Crippen LogP contribution in [0.5, 0.6) is 0 Å². The quantitative estimate of drug-likeness (QED) is 0.818. The number of aliphatic hydroxyl groups is 1. The molecule has 0 aromatic heterocycles. The molecule has 3 atom stereocenters. The minimum atomic E-state index is -0.629. The molecule has 0 spiro atoms. The molecule has 0 amide bonds. The second kappa shape index (κ2) is 6.65. The molecule has 0 saturated heterocycles. The van der Waals surface area contributed by atoms with Gasteiger partial charge in [-0.25, -0.2) is 0 Å². The van der Waals surface area contributed by atoms with Crippen LogP contribution in [0.15, 0.2) is 29.2 Å². The van der Waals surface area contributed by atoms with Crippen molar-refractivity contribution >= 4 is 11.8 Å². The Kier molecular flexibility index (Phi) is 5.49. The first-order valence-corrected chi connectivity index (χ1v) is 6.68. The lowest BCUT2D eigenvalue weighted by Gasteiger charge is -2.19. The van der Waals surface area contributed by atoms with E-state index in [-0.39, 0.29) is 6.10 Å². The fourth-order valence-corrected chi connectivity index (χ4v) is 1.70. The number of hydrogen-bond acceptors (Lipinski definition) is 4. The summed E-state index contributed by atoms with van der Waals surface area (Å²) < 4.78 is 5.50. The van der Waals surface area contributed by atoms with Crippen molar-refractivity contribution in [2.24, 2.45) is 0 Å². The zero-order valence-corrected chi connectivity index (χ0v) is 11.1. The monoisotopic (exact) mass is 251 g/mol. The SMILES string of the molecule is CSc1ccc(C(C#N)OC(C)C(C)O)cc1. The average molecular weight is 251 g/mol. The second-order valence-electron chi connectivity index (χ2n) is 3.86. The maximum absolute atomic E-state index is 9.36. The van der Waals surface area contributed by atoms with Gasteiger partial charge in [0.15, 0.2) is 6.10 Å². The van der Waals surface area contributed by atoms with Crippen LogP contribution < -0.4 is 0 Å². The van der Waals surface area contributed by atoms with Gasteiger partial charge in [0.05, 0.1) is 18.3 Å². The second-order valence-corrected chi connectivity index (χ2v) is 4.74. The van der Waals surface area contributed by atoms with Crippen molar-refractivity contribution < 1.29 is 9.84 Å². The summed E-state index contributed by atoms with van der Waals surface area (Å²) in [4.78, 5) is 1.15. The van der Waals surface area contributed by atoms with Crippen LogP contribution in [0.1, 0.15) is 25.5 Å². The third-order valence-electron chi connectivity index (χ3n) is 2.57. The van der Waals surface area contributed by atoms with Crippen LogP contribution >= 0.6 is 11.8 Å². The molecule has 0 aliphatic carbocycles. The molecule has 0 aliphatic rings. The number of rotatable bonds is 5. The van der Waals surface area contributed by atoms with Crippen LogP contribution in [0.2, 0.25) is 0 Å². The Morgan fingerprint density at radius 2 is 1.88 bits per heavy atom. The Morgan fingerprint density at radius 1 is 1.29 bits per heavy atom. The van der Waals surface area contributed by atoms with E-state index in [9.17, 15) is 5.11 Å². The zero-order valence-electron chi connectivity index (χ0n) is 10.3. The molecule has 0 bridgehead atoms. The van der Waals surface area contributed by atoms with Crippen molar-refractivity contribution in [3.63, 3.8) is 0 Å². The van der Waals surface area contributed by atoms with Crippen molar-refractivity contribution in [2.45, 2.75) is 37.1 Å². The minimum Gasteiger partial charge on any atom is -0.391 e. The predicted octanol–water partition coefficient (Wildman–Crippen LogP) is 2.76. The van der Waals surface area contributed by atoms with E-state index < -0.39 is 12.2 Å². The first kappa shape index (κ1) is 14.0. The topological polar surface area (TPSA) is 53.2 Å². The van der Waals surface area contributed by atoms with E-state index in [1.807, 2.05) is 30.5 Å². The smallest absolute Gasteiger partial charge is 0.169 e. The number of nitrogens with zero attached hydrogens (tertiary/aromatic N) is 1. The molecular formula is C13H17NO2S. The number of ether oxygens (including phenoxy) is 1. The Bertz CT molecular complexity index is 383. The zero-order chi connectivity index (χ0) is 12.8. The maximum Gasteiger partial charge on any atom is 0.169 e. The molecule has 0 heterocycles. The summed E-state index contributed by atoms with van der Waals surface area (Å²) >= 11 is 1.65. The number of thioether (sulfide) groups is 1. The largest absolute Gasteiger partial charge is 0.391 e. The van der Waals surface area contributed by atoms with E-state index in [0.717, 1.165) is 10.5 Å². The molecule has 3 unspecified atom stereocenters. The lowest BCUT2D eigenvalue weighted by molar-refractivity contribution is -0.0426. The standard InChI is InChI=1S/C13H17NO2S/c1-9(15)10(2)16-13(8-14)11-4-6-12(17-3)7-5-11/h4-7,9-10,13,15H,1-3H3. The first-order chi connectivity index (χ1) is 8.08. The summed E-state index contributed by atoms with van der Waals surface area (Å²) in [7, 11) is 0. The summed E-state index contributed by atoms with van der Waals surface area (Å²) in [5.41, 5.74) is 0.817. The van der Waals surface area contributed by atoms with Gasteiger partial charge in [0.2, 0.25) is 0 Å². The number of hydrogen-bond donors (Lipinski definition) is 1. The number of aliphatic hydroxyl groups excluding tert-OH is 1. The van der Waals surface area contributed by atoms with E-state index in [2.05, 4.69) is 6.07 Å². The Labute approximate surface area is 106 Å². The lowest BCUT2D eigenvalue weighted by Crippen LogP contribution is -2.24. The maximum atomic E-state index is 9.36. The molecule has 0 radical (unpaired) electrons. The summed E-state index contributed by atoms with van der Waals surface area (Å²) in [5, 5.41) is 18.4. The lowest BCUT2D eigenvalue weighted by atomic mass is 10.1. The number of nitriles is 1. The Hall–Kier alpha value is -1.02. The van der Waals surface area contributed by atoms with Crippen molar-refractivity contribution in [3.05, 3.63) is 29.8 Å².